The molecule has 23 heavy (non-hydrogen) atoms. The van der Waals surface area contributed by atoms with Crippen molar-refractivity contribution >= 4 is 17.7 Å². The maximum absolute atomic E-state index is 6.06. The summed E-state index contributed by atoms with van der Waals surface area (Å²) in [7, 11) is 0. The number of aromatic nitrogens is 3. The molecule has 0 saturated carbocycles. The van der Waals surface area contributed by atoms with Gasteiger partial charge in [0, 0.05) is 29.6 Å². The monoisotopic (exact) mass is 330 g/mol. The van der Waals surface area contributed by atoms with Crippen LogP contribution in [0.25, 0.3) is 6.08 Å². The summed E-state index contributed by atoms with van der Waals surface area (Å²) >= 11 is 6.06. The number of benzene rings is 1. The van der Waals surface area contributed by atoms with E-state index >= 15 is 0 Å². The molecule has 6 heteroatoms. The van der Waals surface area contributed by atoms with Crippen LogP contribution in [0.4, 0.5) is 0 Å². The van der Waals surface area contributed by atoms with Crippen LogP contribution >= 0.6 is 11.6 Å². The molecule has 0 fully saturated rings. The highest BCUT2D eigenvalue weighted by atomic mass is 35.5. The second-order valence-electron chi connectivity index (χ2n) is 6.15. The van der Waals surface area contributed by atoms with Gasteiger partial charge in [-0.3, -0.25) is 0 Å². The molecule has 1 aromatic heterocycles. The molecule has 0 unspecified atom stereocenters. The zero-order valence-electron chi connectivity index (χ0n) is 13.1. The smallest absolute Gasteiger partial charge is 0.147 e. The highest BCUT2D eigenvalue weighted by Gasteiger charge is 2.21. The predicted octanol–water partition coefficient (Wildman–Crippen LogP) is 2.62. The van der Waals surface area contributed by atoms with Crippen LogP contribution in [0.2, 0.25) is 5.02 Å². The van der Waals surface area contributed by atoms with Gasteiger partial charge in [0.15, 0.2) is 0 Å². The molecule has 0 saturated heterocycles. The van der Waals surface area contributed by atoms with Crippen LogP contribution in [0.1, 0.15) is 23.6 Å². The maximum Gasteiger partial charge on any atom is 0.147 e. The average molecular weight is 331 g/mol. The van der Waals surface area contributed by atoms with E-state index in [0.29, 0.717) is 12.6 Å². The molecule has 0 amide bonds. The number of aryl methyl sites for hydroxylation is 2. The Morgan fingerprint density at radius 2 is 2.35 bits per heavy atom. The lowest BCUT2D eigenvalue weighted by molar-refractivity contribution is 0.330. The normalized spacial score (nSPS) is 19.6. The topological polar surface area (TPSA) is 52.0 Å². The average Bonchev–Trinajstić information content (AvgIpc) is 2.91. The highest BCUT2D eigenvalue weighted by Crippen LogP contribution is 2.28. The number of rotatable bonds is 3. The molecular weight excluding hydrogens is 312 g/mol. The van der Waals surface area contributed by atoms with Crippen molar-refractivity contribution < 1.29 is 4.74 Å². The fraction of sp³-hybridized carbons (Fsp3) is 0.412. The number of ether oxygens (including phenoxy) is 1. The summed E-state index contributed by atoms with van der Waals surface area (Å²) in [5, 5.41) is 8.80. The van der Waals surface area contributed by atoms with Crippen LogP contribution in [0.15, 0.2) is 23.8 Å². The van der Waals surface area contributed by atoms with Crippen LogP contribution in [-0.4, -0.2) is 34.0 Å². The summed E-state index contributed by atoms with van der Waals surface area (Å²) in [5.41, 5.74) is 2.29. The van der Waals surface area contributed by atoms with E-state index in [4.69, 9.17) is 16.3 Å². The third-order valence-corrected chi connectivity index (χ3v) is 4.56. The van der Waals surface area contributed by atoms with Gasteiger partial charge in [-0.1, -0.05) is 11.6 Å². The van der Waals surface area contributed by atoms with Crippen molar-refractivity contribution in [3.8, 4) is 5.75 Å². The molecule has 2 aliphatic heterocycles. The molecule has 0 spiro atoms. The largest absolute Gasteiger partial charge is 0.489 e. The quantitative estimate of drug-likeness (QED) is 0.940. The van der Waals surface area contributed by atoms with Crippen molar-refractivity contribution in [2.45, 2.75) is 32.4 Å². The van der Waals surface area contributed by atoms with E-state index in [2.05, 4.69) is 21.5 Å². The van der Waals surface area contributed by atoms with Crippen molar-refractivity contribution in [3.05, 3.63) is 46.0 Å². The lowest BCUT2D eigenvalue weighted by Gasteiger charge is -2.25. The van der Waals surface area contributed by atoms with Crippen LogP contribution in [-0.2, 0) is 13.0 Å². The zero-order chi connectivity index (χ0) is 15.8. The van der Waals surface area contributed by atoms with E-state index in [0.717, 1.165) is 53.9 Å². The van der Waals surface area contributed by atoms with Gasteiger partial charge in [-0.2, -0.15) is 5.10 Å². The standard InChI is InChI=1S/C17H19ClN4O/c1-11-20-17-5-3-15(9-22(17)21-11)19-8-12-6-13-7-14(18)2-4-16(13)23-10-12/h2,4,6-7,15,19H,3,5,8-10H2,1H3/t15-/m1/s1. The van der Waals surface area contributed by atoms with Crippen LogP contribution < -0.4 is 10.1 Å². The lowest BCUT2D eigenvalue weighted by atomic mass is 10.1. The Kier molecular flexibility index (Phi) is 3.83. The SMILES string of the molecule is Cc1nc2n(n1)C[C@H](NCC1=Cc3cc(Cl)ccc3OC1)CC2. The predicted molar refractivity (Wildman–Crippen MR) is 89.8 cm³/mol. The molecule has 2 aliphatic rings. The summed E-state index contributed by atoms with van der Waals surface area (Å²) in [6.07, 6.45) is 4.24. The van der Waals surface area contributed by atoms with Gasteiger partial charge in [0.1, 0.15) is 24.0 Å². The summed E-state index contributed by atoms with van der Waals surface area (Å²) in [6, 6.07) is 6.15. The van der Waals surface area contributed by atoms with E-state index in [9.17, 15) is 0 Å². The summed E-state index contributed by atoms with van der Waals surface area (Å²) in [4.78, 5) is 4.45. The number of hydrogen-bond acceptors (Lipinski definition) is 4. The van der Waals surface area contributed by atoms with E-state index in [1.807, 2.05) is 29.8 Å². The second-order valence-corrected chi connectivity index (χ2v) is 6.58. The fourth-order valence-corrected chi connectivity index (χ4v) is 3.35. The number of halogens is 1. The Morgan fingerprint density at radius 1 is 1.43 bits per heavy atom. The molecule has 4 rings (SSSR count). The van der Waals surface area contributed by atoms with Crippen molar-refractivity contribution in [1.29, 1.82) is 0 Å². The summed E-state index contributed by atoms with van der Waals surface area (Å²) in [6.45, 7) is 4.27. The van der Waals surface area contributed by atoms with Crippen LogP contribution in [0.3, 0.4) is 0 Å². The zero-order valence-corrected chi connectivity index (χ0v) is 13.8. The van der Waals surface area contributed by atoms with Gasteiger partial charge in [-0.25, -0.2) is 9.67 Å². The Bertz CT molecular complexity index is 768. The Balaban J connectivity index is 1.40. The van der Waals surface area contributed by atoms with E-state index in [-0.39, 0.29) is 0 Å². The van der Waals surface area contributed by atoms with Gasteiger partial charge in [0.25, 0.3) is 0 Å². The Hall–Kier alpha value is -1.85. The van der Waals surface area contributed by atoms with E-state index in [1.54, 1.807) is 0 Å². The molecular formula is C17H19ClN4O. The second kappa shape index (κ2) is 5.98. The third kappa shape index (κ3) is 3.12. The van der Waals surface area contributed by atoms with Crippen molar-refractivity contribution in [3.63, 3.8) is 0 Å². The summed E-state index contributed by atoms with van der Waals surface area (Å²) < 4.78 is 7.82. The number of nitrogens with one attached hydrogen (secondary N) is 1. The van der Waals surface area contributed by atoms with Gasteiger partial charge in [-0.05, 0) is 43.2 Å². The molecule has 1 atom stereocenters. The Morgan fingerprint density at radius 3 is 3.26 bits per heavy atom. The summed E-state index contributed by atoms with van der Waals surface area (Å²) in [5.74, 6) is 2.86. The van der Waals surface area contributed by atoms with Gasteiger partial charge in [0.05, 0.1) is 6.54 Å². The molecule has 120 valence electrons. The van der Waals surface area contributed by atoms with Crippen LogP contribution in [0, 0.1) is 6.92 Å². The number of nitrogens with zero attached hydrogens (tertiary/aromatic N) is 3. The first-order valence-corrected chi connectivity index (χ1v) is 8.31. The molecule has 5 nitrogen and oxygen atoms in total. The third-order valence-electron chi connectivity index (χ3n) is 4.33. The molecule has 0 aliphatic carbocycles. The van der Waals surface area contributed by atoms with Crippen molar-refractivity contribution in [2.75, 3.05) is 13.2 Å². The minimum absolute atomic E-state index is 0.422. The van der Waals surface area contributed by atoms with E-state index < -0.39 is 0 Å². The molecule has 0 radical (unpaired) electrons. The molecule has 1 aromatic carbocycles. The molecule has 0 bridgehead atoms. The van der Waals surface area contributed by atoms with Gasteiger partial charge >= 0.3 is 0 Å². The van der Waals surface area contributed by atoms with Crippen LogP contribution in [0.5, 0.6) is 5.75 Å². The van der Waals surface area contributed by atoms with Crippen molar-refractivity contribution in [2.24, 2.45) is 0 Å². The van der Waals surface area contributed by atoms with Gasteiger partial charge < -0.3 is 10.1 Å². The van der Waals surface area contributed by atoms with Gasteiger partial charge in [0.2, 0.25) is 0 Å². The maximum atomic E-state index is 6.06. The van der Waals surface area contributed by atoms with Gasteiger partial charge in [-0.15, -0.1) is 0 Å². The molecule has 1 N–H and O–H groups in total. The minimum Gasteiger partial charge on any atom is -0.489 e. The molecule has 3 heterocycles. The van der Waals surface area contributed by atoms with E-state index in [1.165, 1.54) is 5.57 Å². The molecule has 2 aromatic rings. The fourth-order valence-electron chi connectivity index (χ4n) is 3.17. The Labute approximate surface area is 140 Å². The van der Waals surface area contributed by atoms with Crippen molar-refractivity contribution in [1.82, 2.24) is 20.1 Å². The first-order valence-electron chi connectivity index (χ1n) is 7.93. The minimum atomic E-state index is 0.422. The number of hydrogen-bond donors (Lipinski definition) is 1. The lowest BCUT2D eigenvalue weighted by Crippen LogP contribution is -2.39. The number of fused-ring (bicyclic) bond motifs is 2. The first-order chi connectivity index (χ1) is 11.2. The highest BCUT2D eigenvalue weighted by molar-refractivity contribution is 6.30. The first kappa shape index (κ1) is 14.7.